The van der Waals surface area contributed by atoms with Crippen LogP contribution in [0.2, 0.25) is 0 Å². The van der Waals surface area contributed by atoms with E-state index in [0.717, 1.165) is 12.8 Å². The minimum atomic E-state index is 0.366. The van der Waals surface area contributed by atoms with Crippen LogP contribution in [0.3, 0.4) is 0 Å². The van der Waals surface area contributed by atoms with E-state index in [1.54, 1.807) is 6.20 Å². The molecule has 1 fully saturated rings. The second-order valence-electron chi connectivity index (χ2n) is 4.12. The number of aliphatic imine (C=N–C) groups is 1. The van der Waals surface area contributed by atoms with Crippen molar-refractivity contribution in [3.8, 4) is 0 Å². The van der Waals surface area contributed by atoms with Crippen LogP contribution in [-0.2, 0) is 0 Å². The molecule has 0 aromatic carbocycles. The summed E-state index contributed by atoms with van der Waals surface area (Å²) in [6, 6.07) is 0.366. The Labute approximate surface area is 94.7 Å². The van der Waals surface area contributed by atoms with Crippen LogP contribution in [0.5, 0.6) is 0 Å². The fraction of sp³-hybridized carbons (Fsp3) is 0.700. The normalized spacial score (nSPS) is 19.4. The van der Waals surface area contributed by atoms with Crippen LogP contribution in [0.25, 0.3) is 0 Å². The first-order chi connectivity index (χ1) is 7.90. The summed E-state index contributed by atoms with van der Waals surface area (Å²) in [5.74, 6) is 6.08. The Morgan fingerprint density at radius 1 is 1.38 bits per heavy atom. The minimum Gasteiger partial charge on any atom is -0.307 e. The van der Waals surface area contributed by atoms with E-state index in [-0.39, 0.29) is 0 Å². The molecule has 4 N–H and O–H groups in total. The lowest BCUT2D eigenvalue weighted by atomic mass is 10.1. The lowest BCUT2D eigenvalue weighted by Gasteiger charge is -2.10. The molecule has 1 aliphatic rings. The Kier molecular flexibility index (Phi) is 3.87. The Bertz CT molecular complexity index is 323. The summed E-state index contributed by atoms with van der Waals surface area (Å²) >= 11 is 0. The number of aromatic amines is 1. The van der Waals surface area contributed by atoms with E-state index in [4.69, 9.17) is 5.84 Å². The molecule has 16 heavy (non-hydrogen) atoms. The first kappa shape index (κ1) is 11.1. The zero-order valence-electron chi connectivity index (χ0n) is 9.32. The molecule has 1 aliphatic carbocycles. The maximum Gasteiger partial charge on any atom is 0.165 e. The van der Waals surface area contributed by atoms with E-state index >= 15 is 0 Å². The Hall–Kier alpha value is -1.43. The van der Waals surface area contributed by atoms with Crippen molar-refractivity contribution in [2.24, 2.45) is 10.8 Å². The molecule has 0 saturated heterocycles. The van der Waals surface area contributed by atoms with Crippen molar-refractivity contribution < 1.29 is 0 Å². The fourth-order valence-corrected chi connectivity index (χ4v) is 2.06. The van der Waals surface area contributed by atoms with Crippen LogP contribution in [0, 0.1) is 0 Å². The zero-order chi connectivity index (χ0) is 11.2. The molecule has 0 bridgehead atoms. The molecule has 0 radical (unpaired) electrons. The van der Waals surface area contributed by atoms with E-state index in [0.29, 0.717) is 17.6 Å². The van der Waals surface area contributed by atoms with Crippen LogP contribution < -0.4 is 11.3 Å². The van der Waals surface area contributed by atoms with Crippen LogP contribution in [-0.4, -0.2) is 27.3 Å². The van der Waals surface area contributed by atoms with Crippen molar-refractivity contribution in [2.45, 2.75) is 44.6 Å². The van der Waals surface area contributed by atoms with Gasteiger partial charge < -0.3 is 5.43 Å². The third kappa shape index (κ3) is 2.79. The zero-order valence-corrected chi connectivity index (χ0v) is 9.32. The SMILES string of the molecule is NNC(=NC1CCCCCC1)c1cn[nH]n1. The molecule has 0 unspecified atom stereocenters. The monoisotopic (exact) mass is 222 g/mol. The van der Waals surface area contributed by atoms with Gasteiger partial charge in [-0.3, -0.25) is 4.99 Å². The van der Waals surface area contributed by atoms with Crippen LogP contribution in [0.4, 0.5) is 0 Å². The molecule has 0 atom stereocenters. The molecule has 6 heteroatoms. The number of nitrogens with zero attached hydrogens (tertiary/aromatic N) is 3. The van der Waals surface area contributed by atoms with Crippen LogP contribution in [0.1, 0.15) is 44.2 Å². The van der Waals surface area contributed by atoms with Crippen molar-refractivity contribution in [2.75, 3.05) is 0 Å². The Balaban J connectivity index is 2.07. The van der Waals surface area contributed by atoms with Crippen LogP contribution >= 0.6 is 0 Å². The molecule has 1 aromatic heterocycles. The largest absolute Gasteiger partial charge is 0.307 e. The molecule has 1 heterocycles. The lowest BCUT2D eigenvalue weighted by molar-refractivity contribution is 0.583. The summed E-state index contributed by atoms with van der Waals surface area (Å²) in [5, 5.41) is 10.3. The van der Waals surface area contributed by atoms with Crippen molar-refractivity contribution in [1.29, 1.82) is 0 Å². The van der Waals surface area contributed by atoms with Crippen molar-refractivity contribution >= 4 is 5.84 Å². The van der Waals surface area contributed by atoms with Gasteiger partial charge in [-0.25, -0.2) is 5.84 Å². The third-order valence-electron chi connectivity index (χ3n) is 2.93. The van der Waals surface area contributed by atoms with Gasteiger partial charge in [0.1, 0.15) is 5.69 Å². The number of rotatable bonds is 2. The number of aromatic nitrogens is 3. The Morgan fingerprint density at radius 3 is 2.69 bits per heavy atom. The molecular weight excluding hydrogens is 204 g/mol. The van der Waals surface area contributed by atoms with Gasteiger partial charge in [-0.2, -0.15) is 15.4 Å². The highest BCUT2D eigenvalue weighted by Crippen LogP contribution is 2.20. The van der Waals surface area contributed by atoms with E-state index in [9.17, 15) is 0 Å². The number of H-pyrrole nitrogens is 1. The quantitative estimate of drug-likeness (QED) is 0.226. The average Bonchev–Trinajstić information content (AvgIpc) is 2.71. The first-order valence-corrected chi connectivity index (χ1v) is 5.80. The van der Waals surface area contributed by atoms with Gasteiger partial charge in [-0.05, 0) is 12.8 Å². The number of hydrogen-bond acceptors (Lipinski definition) is 4. The van der Waals surface area contributed by atoms with Gasteiger partial charge in [0.15, 0.2) is 5.84 Å². The molecule has 1 saturated carbocycles. The Morgan fingerprint density at radius 2 is 2.12 bits per heavy atom. The van der Waals surface area contributed by atoms with Crippen molar-refractivity contribution in [1.82, 2.24) is 20.8 Å². The molecule has 88 valence electrons. The summed E-state index contributed by atoms with van der Waals surface area (Å²) in [6.45, 7) is 0. The highest BCUT2D eigenvalue weighted by molar-refractivity contribution is 5.96. The second-order valence-corrected chi connectivity index (χ2v) is 4.12. The lowest BCUT2D eigenvalue weighted by Crippen LogP contribution is -2.32. The maximum atomic E-state index is 5.46. The van der Waals surface area contributed by atoms with Gasteiger partial charge in [-0.1, -0.05) is 25.7 Å². The molecular formula is C10H18N6. The summed E-state index contributed by atoms with van der Waals surface area (Å²) in [6.07, 6.45) is 9.06. The van der Waals surface area contributed by atoms with Gasteiger partial charge in [-0.15, -0.1) is 0 Å². The van der Waals surface area contributed by atoms with Crippen molar-refractivity contribution in [3.05, 3.63) is 11.9 Å². The van der Waals surface area contributed by atoms with E-state index < -0.39 is 0 Å². The van der Waals surface area contributed by atoms with Gasteiger partial charge in [0, 0.05) is 0 Å². The molecule has 1 aromatic rings. The van der Waals surface area contributed by atoms with Crippen LogP contribution in [0.15, 0.2) is 11.2 Å². The topological polar surface area (TPSA) is 92.0 Å². The second kappa shape index (κ2) is 5.60. The van der Waals surface area contributed by atoms with Gasteiger partial charge in [0.05, 0.1) is 12.2 Å². The number of nitrogens with one attached hydrogen (secondary N) is 2. The highest BCUT2D eigenvalue weighted by Gasteiger charge is 2.13. The van der Waals surface area contributed by atoms with E-state index in [1.165, 1.54) is 25.7 Å². The van der Waals surface area contributed by atoms with Gasteiger partial charge >= 0.3 is 0 Å². The number of nitrogens with two attached hydrogens (primary N) is 1. The smallest absolute Gasteiger partial charge is 0.165 e. The number of amidine groups is 1. The summed E-state index contributed by atoms with van der Waals surface area (Å²) in [5.41, 5.74) is 3.27. The number of hydrogen-bond donors (Lipinski definition) is 3. The van der Waals surface area contributed by atoms with E-state index in [1.807, 2.05) is 0 Å². The predicted octanol–water partition coefficient (Wildman–Crippen LogP) is 0.737. The fourth-order valence-electron chi connectivity index (χ4n) is 2.06. The first-order valence-electron chi connectivity index (χ1n) is 5.80. The van der Waals surface area contributed by atoms with Crippen molar-refractivity contribution in [3.63, 3.8) is 0 Å². The summed E-state index contributed by atoms with van der Waals surface area (Å²) in [4.78, 5) is 4.61. The molecule has 6 nitrogen and oxygen atoms in total. The predicted molar refractivity (Wildman–Crippen MR) is 61.7 cm³/mol. The van der Waals surface area contributed by atoms with Gasteiger partial charge in [0.2, 0.25) is 0 Å². The highest BCUT2D eigenvalue weighted by atomic mass is 15.3. The minimum absolute atomic E-state index is 0.366. The maximum absolute atomic E-state index is 5.46. The molecule has 0 amide bonds. The molecule has 0 spiro atoms. The number of hydrazine groups is 1. The standard InChI is InChI=1S/C10H18N6/c11-14-10(9-7-12-16-15-9)13-8-5-3-1-2-4-6-8/h7-8H,1-6,11H2,(H,13,14)(H,12,15,16). The van der Waals surface area contributed by atoms with E-state index in [2.05, 4.69) is 25.8 Å². The van der Waals surface area contributed by atoms with Gasteiger partial charge in [0.25, 0.3) is 0 Å². The summed E-state index contributed by atoms with van der Waals surface area (Å²) < 4.78 is 0. The molecule has 2 rings (SSSR count). The third-order valence-corrected chi connectivity index (χ3v) is 2.93. The summed E-state index contributed by atoms with van der Waals surface area (Å²) in [7, 11) is 0. The molecule has 0 aliphatic heterocycles. The average molecular weight is 222 g/mol.